The summed E-state index contributed by atoms with van der Waals surface area (Å²) in [6.45, 7) is 0. The Bertz CT molecular complexity index is 584. The fourth-order valence-corrected chi connectivity index (χ4v) is 2.70. The van der Waals surface area contributed by atoms with E-state index in [1.54, 1.807) is 0 Å². The van der Waals surface area contributed by atoms with Crippen LogP contribution >= 0.6 is 11.6 Å². The highest BCUT2D eigenvalue weighted by Crippen LogP contribution is 2.22. The molecule has 0 heterocycles. The third-order valence-electron chi connectivity index (χ3n) is 2.05. The van der Waals surface area contributed by atoms with Crippen molar-refractivity contribution < 1.29 is 18.3 Å². The summed E-state index contributed by atoms with van der Waals surface area (Å²) in [7, 11) is -3.51. The molecule has 6 heteroatoms. The zero-order valence-corrected chi connectivity index (χ0v) is 10.3. The highest BCUT2D eigenvalue weighted by molar-refractivity contribution is 7.91. The molecule has 0 aliphatic rings. The van der Waals surface area contributed by atoms with Gasteiger partial charge in [-0.15, -0.1) is 12.3 Å². The van der Waals surface area contributed by atoms with Gasteiger partial charge >= 0.3 is 5.97 Å². The van der Waals surface area contributed by atoms with Crippen LogP contribution in [0, 0.1) is 12.3 Å². The van der Waals surface area contributed by atoms with Crippen LogP contribution in [0.3, 0.4) is 0 Å². The number of hydrogen-bond donors (Lipinski definition) is 1. The maximum absolute atomic E-state index is 11.7. The highest BCUT2D eigenvalue weighted by atomic mass is 35.5. The molecule has 0 unspecified atom stereocenters. The zero-order chi connectivity index (χ0) is 13.1. The van der Waals surface area contributed by atoms with Gasteiger partial charge in [-0.2, -0.15) is 0 Å². The van der Waals surface area contributed by atoms with Gasteiger partial charge in [-0.05, 0) is 18.2 Å². The van der Waals surface area contributed by atoms with Crippen molar-refractivity contribution in [2.45, 2.75) is 11.3 Å². The lowest BCUT2D eigenvalue weighted by Crippen LogP contribution is -2.07. The Morgan fingerprint density at radius 3 is 2.59 bits per heavy atom. The van der Waals surface area contributed by atoms with E-state index in [2.05, 4.69) is 5.92 Å². The number of hydrogen-bond acceptors (Lipinski definition) is 3. The van der Waals surface area contributed by atoms with Crippen LogP contribution in [0.1, 0.15) is 16.8 Å². The molecule has 1 aromatic rings. The molecule has 0 saturated carbocycles. The number of sulfone groups is 1. The van der Waals surface area contributed by atoms with Gasteiger partial charge in [0.05, 0.1) is 21.2 Å². The van der Waals surface area contributed by atoms with E-state index in [0.29, 0.717) is 0 Å². The molecule has 1 N–H and O–H groups in total. The first-order valence-electron chi connectivity index (χ1n) is 4.57. The summed E-state index contributed by atoms with van der Waals surface area (Å²) in [5.74, 6) is 0.837. The monoisotopic (exact) mass is 272 g/mol. The molecule has 0 radical (unpaired) electrons. The highest BCUT2D eigenvalue weighted by Gasteiger charge is 2.17. The molecule has 0 amide bonds. The fraction of sp³-hybridized carbons (Fsp3) is 0.182. The molecular formula is C11H9ClO4S. The molecule has 4 nitrogen and oxygen atoms in total. The van der Waals surface area contributed by atoms with E-state index in [4.69, 9.17) is 23.1 Å². The number of halogens is 1. The molecule has 0 aromatic heterocycles. The zero-order valence-electron chi connectivity index (χ0n) is 8.68. The molecule has 0 fully saturated rings. The Morgan fingerprint density at radius 2 is 2.12 bits per heavy atom. The first kappa shape index (κ1) is 13.6. The van der Waals surface area contributed by atoms with Crippen LogP contribution in [0.4, 0.5) is 0 Å². The van der Waals surface area contributed by atoms with E-state index in [1.165, 1.54) is 6.07 Å². The minimum atomic E-state index is -3.51. The van der Waals surface area contributed by atoms with Gasteiger partial charge in [0, 0.05) is 6.42 Å². The first-order chi connectivity index (χ1) is 7.88. The molecule has 0 atom stereocenters. The van der Waals surface area contributed by atoms with Gasteiger partial charge in [0.15, 0.2) is 9.84 Å². The molecule has 1 aromatic carbocycles. The van der Waals surface area contributed by atoms with Gasteiger partial charge in [0.25, 0.3) is 0 Å². The second-order valence-corrected chi connectivity index (χ2v) is 5.74. The summed E-state index contributed by atoms with van der Waals surface area (Å²) in [5.41, 5.74) is -0.137. The van der Waals surface area contributed by atoms with E-state index < -0.39 is 15.8 Å². The van der Waals surface area contributed by atoms with E-state index >= 15 is 0 Å². The van der Waals surface area contributed by atoms with Gasteiger partial charge in [-0.25, -0.2) is 13.2 Å². The maximum atomic E-state index is 11.7. The van der Waals surface area contributed by atoms with Crippen molar-refractivity contribution in [1.29, 1.82) is 0 Å². The van der Waals surface area contributed by atoms with Crippen molar-refractivity contribution in [3.05, 3.63) is 28.8 Å². The van der Waals surface area contributed by atoms with Crippen molar-refractivity contribution in [2.24, 2.45) is 0 Å². The predicted octanol–water partition coefficient (Wildman–Crippen LogP) is 1.84. The van der Waals surface area contributed by atoms with Crippen LogP contribution in [0.5, 0.6) is 0 Å². The number of carbonyl (C=O) groups is 1. The predicted molar refractivity (Wildman–Crippen MR) is 63.9 cm³/mol. The summed E-state index contributed by atoms with van der Waals surface area (Å²) >= 11 is 5.68. The molecule has 0 saturated heterocycles. The van der Waals surface area contributed by atoms with E-state index in [9.17, 15) is 13.2 Å². The molecule has 0 bridgehead atoms. The Balaban J connectivity index is 3.15. The summed E-state index contributed by atoms with van der Waals surface area (Å²) in [5, 5.41) is 8.63. The van der Waals surface area contributed by atoms with Gasteiger partial charge in [0.1, 0.15) is 0 Å². The van der Waals surface area contributed by atoms with Crippen LogP contribution in [0.25, 0.3) is 0 Å². The lowest BCUT2D eigenvalue weighted by Gasteiger charge is -2.04. The van der Waals surface area contributed by atoms with Gasteiger partial charge < -0.3 is 5.11 Å². The minimum absolute atomic E-state index is 0.0252. The normalized spacial score (nSPS) is 10.8. The summed E-state index contributed by atoms with van der Waals surface area (Å²) in [6.07, 6.45) is 5.09. The maximum Gasteiger partial charge on any atom is 0.337 e. The van der Waals surface area contributed by atoms with Gasteiger partial charge in [-0.1, -0.05) is 11.6 Å². The van der Waals surface area contributed by atoms with E-state index in [-0.39, 0.29) is 27.7 Å². The van der Waals surface area contributed by atoms with Crippen LogP contribution in [-0.4, -0.2) is 25.2 Å². The number of aromatic carboxylic acids is 1. The largest absolute Gasteiger partial charge is 0.478 e. The van der Waals surface area contributed by atoms with E-state index in [0.717, 1.165) is 12.1 Å². The third-order valence-corrected chi connectivity index (χ3v) is 4.07. The summed E-state index contributed by atoms with van der Waals surface area (Å²) < 4.78 is 23.4. The van der Waals surface area contributed by atoms with Crippen LogP contribution in [-0.2, 0) is 9.84 Å². The topological polar surface area (TPSA) is 71.4 Å². The molecule has 17 heavy (non-hydrogen) atoms. The van der Waals surface area contributed by atoms with E-state index in [1.807, 2.05) is 0 Å². The van der Waals surface area contributed by atoms with Crippen LogP contribution in [0.15, 0.2) is 23.1 Å². The number of terminal acetylenes is 1. The molecule has 0 spiro atoms. The number of carboxylic acid groups (broad SMARTS) is 1. The lowest BCUT2D eigenvalue weighted by atomic mass is 10.2. The smallest absolute Gasteiger partial charge is 0.337 e. The number of rotatable bonds is 4. The van der Waals surface area contributed by atoms with Crippen molar-refractivity contribution >= 4 is 27.4 Å². The van der Waals surface area contributed by atoms with Gasteiger partial charge in [0.2, 0.25) is 0 Å². The molecule has 1 rings (SSSR count). The SMILES string of the molecule is C#CCCS(=O)(=O)c1ccc(C(=O)O)c(Cl)c1. The van der Waals surface area contributed by atoms with Crippen molar-refractivity contribution in [3.8, 4) is 12.3 Å². The van der Waals surface area contributed by atoms with Crippen LogP contribution in [0.2, 0.25) is 5.02 Å². The Morgan fingerprint density at radius 1 is 1.47 bits per heavy atom. The van der Waals surface area contributed by atoms with Crippen molar-refractivity contribution in [3.63, 3.8) is 0 Å². The van der Waals surface area contributed by atoms with Gasteiger partial charge in [-0.3, -0.25) is 0 Å². The molecule has 90 valence electrons. The quantitative estimate of drug-likeness (QED) is 0.849. The average molecular weight is 273 g/mol. The third kappa shape index (κ3) is 3.22. The minimum Gasteiger partial charge on any atom is -0.478 e. The number of carboxylic acids is 1. The summed E-state index contributed by atoms with van der Waals surface area (Å²) in [6, 6.07) is 3.49. The Kier molecular flexibility index (Phi) is 4.16. The Labute approximate surface area is 104 Å². The second kappa shape index (κ2) is 5.21. The fourth-order valence-electron chi connectivity index (χ4n) is 1.17. The number of benzene rings is 1. The molecule has 0 aliphatic heterocycles. The Hall–Kier alpha value is -1.51. The lowest BCUT2D eigenvalue weighted by molar-refractivity contribution is 0.0697. The van der Waals surface area contributed by atoms with Crippen molar-refractivity contribution in [1.82, 2.24) is 0 Å². The summed E-state index contributed by atoms with van der Waals surface area (Å²) in [4.78, 5) is 10.7. The average Bonchev–Trinajstić information content (AvgIpc) is 2.25. The standard InChI is InChI=1S/C11H9ClO4S/c1-2-3-6-17(15,16)8-4-5-9(11(13)14)10(12)7-8/h1,4-5,7H,3,6H2,(H,13,14). The molecular weight excluding hydrogens is 264 g/mol. The molecule has 0 aliphatic carbocycles. The van der Waals surface area contributed by atoms with Crippen LogP contribution < -0.4 is 0 Å². The first-order valence-corrected chi connectivity index (χ1v) is 6.60. The van der Waals surface area contributed by atoms with Crippen molar-refractivity contribution in [2.75, 3.05) is 5.75 Å². The second-order valence-electron chi connectivity index (χ2n) is 3.22.